The zero-order valence-electron chi connectivity index (χ0n) is 15.4. The van der Waals surface area contributed by atoms with E-state index in [9.17, 15) is 13.5 Å². The average Bonchev–Trinajstić information content (AvgIpc) is 2.69. The molecule has 9 heteroatoms. The van der Waals surface area contributed by atoms with Crippen molar-refractivity contribution in [2.24, 2.45) is 0 Å². The Morgan fingerprint density at radius 1 is 1.10 bits per heavy atom. The van der Waals surface area contributed by atoms with Crippen LogP contribution in [-0.4, -0.2) is 32.2 Å². The maximum Gasteiger partial charge on any atom is 0.261 e. The second kappa shape index (κ2) is 9.11. The summed E-state index contributed by atoms with van der Waals surface area (Å²) in [5.41, 5.74) is 2.37. The highest BCUT2D eigenvalue weighted by Gasteiger charge is 2.16. The minimum Gasteiger partial charge on any atom is -0.394 e. The van der Waals surface area contributed by atoms with Crippen molar-refractivity contribution in [1.29, 1.82) is 0 Å². The van der Waals surface area contributed by atoms with E-state index < -0.39 is 10.0 Å². The molecule has 0 aliphatic rings. The van der Waals surface area contributed by atoms with E-state index in [1.54, 1.807) is 43.4 Å². The molecule has 1 atom stereocenters. The number of nitrogens with zero attached hydrogens (tertiary/aromatic N) is 1. The largest absolute Gasteiger partial charge is 0.394 e. The van der Waals surface area contributed by atoms with Crippen LogP contribution in [0.1, 0.15) is 11.6 Å². The lowest BCUT2D eigenvalue weighted by Gasteiger charge is -2.15. The molecular weight excluding hydrogens is 433 g/mol. The topological polar surface area (TPSA) is 91.3 Å². The molecule has 0 aliphatic heterocycles. The van der Waals surface area contributed by atoms with Gasteiger partial charge >= 0.3 is 0 Å². The SMILES string of the molecule is CNC(CO)c1cccc(NS(=O)(=O)c2ccc(-c3ncc(Cl)cc3Cl)cc2)c1. The quantitative estimate of drug-likeness (QED) is 0.502. The highest BCUT2D eigenvalue weighted by molar-refractivity contribution is 7.92. The van der Waals surface area contributed by atoms with Crippen molar-refractivity contribution < 1.29 is 13.5 Å². The number of rotatable bonds is 7. The first-order chi connectivity index (χ1) is 13.8. The van der Waals surface area contributed by atoms with Crippen LogP contribution in [0.25, 0.3) is 11.3 Å². The Balaban J connectivity index is 1.84. The monoisotopic (exact) mass is 451 g/mol. The number of benzene rings is 2. The number of aromatic nitrogens is 1. The number of hydrogen-bond donors (Lipinski definition) is 3. The summed E-state index contributed by atoms with van der Waals surface area (Å²) in [6, 6.07) is 14.4. The molecule has 1 unspecified atom stereocenters. The summed E-state index contributed by atoms with van der Waals surface area (Å²) in [6.45, 7) is -0.102. The van der Waals surface area contributed by atoms with Gasteiger partial charge in [-0.2, -0.15) is 0 Å². The van der Waals surface area contributed by atoms with Gasteiger partial charge in [0, 0.05) is 17.4 Å². The number of anilines is 1. The van der Waals surface area contributed by atoms with E-state index in [2.05, 4.69) is 15.0 Å². The van der Waals surface area contributed by atoms with Gasteiger partial charge in [-0.3, -0.25) is 9.71 Å². The summed E-state index contributed by atoms with van der Waals surface area (Å²) in [7, 11) is -2.07. The first kappa shape index (κ1) is 21.5. The molecular formula is C20H19Cl2N3O3S. The van der Waals surface area contributed by atoms with Crippen molar-refractivity contribution >= 4 is 38.9 Å². The molecule has 0 radical (unpaired) electrons. The van der Waals surface area contributed by atoms with Crippen molar-refractivity contribution in [1.82, 2.24) is 10.3 Å². The number of likely N-dealkylation sites (N-methyl/N-ethyl adjacent to an activating group) is 1. The molecule has 1 aromatic heterocycles. The van der Waals surface area contributed by atoms with E-state index in [1.807, 2.05) is 6.07 Å². The lowest BCUT2D eigenvalue weighted by atomic mass is 10.1. The molecule has 0 bridgehead atoms. The molecule has 0 aliphatic carbocycles. The Kier molecular flexibility index (Phi) is 6.77. The zero-order chi connectivity index (χ0) is 21.0. The van der Waals surface area contributed by atoms with Crippen molar-refractivity contribution in [3.63, 3.8) is 0 Å². The van der Waals surface area contributed by atoms with E-state index in [-0.39, 0.29) is 17.5 Å². The van der Waals surface area contributed by atoms with E-state index in [1.165, 1.54) is 18.3 Å². The summed E-state index contributed by atoms with van der Waals surface area (Å²) in [6.07, 6.45) is 1.48. The van der Waals surface area contributed by atoms with Crippen molar-refractivity contribution in [2.75, 3.05) is 18.4 Å². The van der Waals surface area contributed by atoms with Crippen LogP contribution in [0.4, 0.5) is 5.69 Å². The fourth-order valence-electron chi connectivity index (χ4n) is 2.82. The van der Waals surface area contributed by atoms with Crippen LogP contribution in [0.5, 0.6) is 0 Å². The van der Waals surface area contributed by atoms with Gasteiger partial charge in [0.1, 0.15) is 0 Å². The number of nitrogens with one attached hydrogen (secondary N) is 2. The number of sulfonamides is 1. The maximum absolute atomic E-state index is 12.7. The zero-order valence-corrected chi connectivity index (χ0v) is 17.8. The van der Waals surface area contributed by atoms with E-state index in [0.29, 0.717) is 27.0 Å². The smallest absolute Gasteiger partial charge is 0.261 e. The summed E-state index contributed by atoms with van der Waals surface area (Å²) < 4.78 is 28.1. The molecule has 2 aromatic carbocycles. The number of aliphatic hydroxyl groups is 1. The molecule has 29 heavy (non-hydrogen) atoms. The third-order valence-corrected chi connectivity index (χ3v) is 6.21. The Hall–Kier alpha value is -2.16. The van der Waals surface area contributed by atoms with Crippen molar-refractivity contribution in [2.45, 2.75) is 10.9 Å². The van der Waals surface area contributed by atoms with Crippen LogP contribution in [-0.2, 0) is 10.0 Å². The molecule has 0 saturated carbocycles. The number of hydrogen-bond acceptors (Lipinski definition) is 5. The highest BCUT2D eigenvalue weighted by atomic mass is 35.5. The van der Waals surface area contributed by atoms with Gasteiger partial charge in [0.05, 0.1) is 33.3 Å². The first-order valence-electron chi connectivity index (χ1n) is 8.66. The Morgan fingerprint density at radius 3 is 2.45 bits per heavy atom. The van der Waals surface area contributed by atoms with Crippen LogP contribution < -0.4 is 10.0 Å². The minimum absolute atomic E-state index is 0.101. The average molecular weight is 452 g/mol. The Morgan fingerprint density at radius 2 is 1.83 bits per heavy atom. The van der Waals surface area contributed by atoms with Gasteiger partial charge in [0.15, 0.2) is 0 Å². The third kappa shape index (κ3) is 5.07. The van der Waals surface area contributed by atoms with Gasteiger partial charge < -0.3 is 10.4 Å². The molecule has 3 N–H and O–H groups in total. The third-order valence-electron chi connectivity index (χ3n) is 4.32. The van der Waals surface area contributed by atoms with Gasteiger partial charge in [0.2, 0.25) is 0 Å². The van der Waals surface area contributed by atoms with Gasteiger partial charge in [0.25, 0.3) is 10.0 Å². The van der Waals surface area contributed by atoms with Gasteiger partial charge in [-0.1, -0.05) is 47.5 Å². The second-order valence-corrected chi connectivity index (χ2v) is 8.79. The number of pyridine rings is 1. The molecule has 0 spiro atoms. The van der Waals surface area contributed by atoms with Crippen molar-refractivity contribution in [3.8, 4) is 11.3 Å². The molecule has 0 amide bonds. The summed E-state index contributed by atoms with van der Waals surface area (Å²) in [5.74, 6) is 0. The normalized spacial score (nSPS) is 12.6. The maximum atomic E-state index is 12.7. The lowest BCUT2D eigenvalue weighted by Crippen LogP contribution is -2.20. The molecule has 6 nitrogen and oxygen atoms in total. The molecule has 0 fully saturated rings. The van der Waals surface area contributed by atoms with E-state index >= 15 is 0 Å². The van der Waals surface area contributed by atoms with E-state index in [4.69, 9.17) is 23.2 Å². The van der Waals surface area contributed by atoms with Gasteiger partial charge in [-0.05, 0) is 42.9 Å². The number of aliphatic hydroxyl groups excluding tert-OH is 1. The molecule has 1 heterocycles. The van der Waals surface area contributed by atoms with Gasteiger partial charge in [-0.15, -0.1) is 0 Å². The van der Waals surface area contributed by atoms with Crippen LogP contribution in [0.3, 0.4) is 0 Å². The highest BCUT2D eigenvalue weighted by Crippen LogP contribution is 2.29. The standard InChI is InChI=1S/C20H19Cl2N3O3S/c1-23-19(12-26)14-3-2-4-16(9-14)25-29(27,28)17-7-5-13(6-8-17)20-18(22)10-15(21)11-24-20/h2-11,19,23,25-26H,12H2,1H3. The predicted octanol–water partition coefficient (Wildman–Crippen LogP) is 4.11. The fraction of sp³-hybridized carbons (Fsp3) is 0.150. The minimum atomic E-state index is -3.79. The van der Waals surface area contributed by atoms with Crippen LogP contribution >= 0.6 is 23.2 Å². The summed E-state index contributed by atoms with van der Waals surface area (Å²) in [4.78, 5) is 4.30. The van der Waals surface area contributed by atoms with E-state index in [0.717, 1.165) is 5.56 Å². The Bertz CT molecular complexity index is 1100. The Labute approximate surface area is 179 Å². The van der Waals surface area contributed by atoms with Crippen LogP contribution in [0.2, 0.25) is 10.0 Å². The second-order valence-electron chi connectivity index (χ2n) is 6.26. The summed E-state index contributed by atoms with van der Waals surface area (Å²) in [5, 5.41) is 13.2. The fourth-order valence-corrected chi connectivity index (χ4v) is 4.35. The summed E-state index contributed by atoms with van der Waals surface area (Å²) >= 11 is 12.0. The van der Waals surface area contributed by atoms with Crippen molar-refractivity contribution in [3.05, 3.63) is 76.4 Å². The lowest BCUT2D eigenvalue weighted by molar-refractivity contribution is 0.251. The molecule has 3 aromatic rings. The molecule has 3 rings (SSSR count). The number of halogens is 2. The first-order valence-corrected chi connectivity index (χ1v) is 10.9. The van der Waals surface area contributed by atoms with Crippen LogP contribution in [0.15, 0.2) is 65.7 Å². The van der Waals surface area contributed by atoms with Gasteiger partial charge in [-0.25, -0.2) is 8.42 Å². The molecule has 0 saturated heterocycles. The predicted molar refractivity (Wildman–Crippen MR) is 116 cm³/mol. The molecule has 152 valence electrons. The van der Waals surface area contributed by atoms with Crippen LogP contribution in [0, 0.1) is 0 Å².